The number of alkyl halides is 3. The van der Waals surface area contributed by atoms with Crippen LogP contribution in [0, 0.1) is 11.8 Å². The molecule has 0 aliphatic heterocycles. The number of amides is 4. The lowest BCUT2D eigenvalue weighted by atomic mass is 10.1. The van der Waals surface area contributed by atoms with Crippen LogP contribution in [0.15, 0.2) is 48.5 Å². The third-order valence-corrected chi connectivity index (χ3v) is 12.7. The second-order valence-corrected chi connectivity index (χ2v) is 17.8. The summed E-state index contributed by atoms with van der Waals surface area (Å²) in [7, 11) is -3.76. The standard InChI is InChI=1S/C38H43ClF3N9O7S/c39-25-9-7-24(8-10-25)36(16-17-36)50-34-46-33(47-35(48-34)58-21-38(40,41)42)45-26-11-5-23(6-12-26)31(54)44-18-1-2-29(52)43-19-15-30(53)49-37(20-28(37)22-3-4-22)32(55)51-59(56,57)27-13-14-27/h5-12,22,27-28H,1-4,13-21H2,(H,43,52)(H,44,54)(H,49,53)(H,51,55)(H2,45,46,47,48,50)/t28-,37+/m0/s1. The third kappa shape index (κ3) is 11.1. The Balaban J connectivity index is 0.842. The molecule has 0 spiro atoms. The molecule has 4 aliphatic carbocycles. The Kier molecular flexibility index (Phi) is 11.9. The Bertz CT molecular complexity index is 2190. The van der Waals surface area contributed by atoms with Crippen molar-refractivity contribution in [3.8, 4) is 6.01 Å². The number of hydrogen-bond acceptors (Lipinski definition) is 12. The highest BCUT2D eigenvalue weighted by molar-refractivity contribution is 7.91. The van der Waals surface area contributed by atoms with E-state index in [1.807, 2.05) is 12.1 Å². The van der Waals surface area contributed by atoms with Crippen LogP contribution in [-0.2, 0) is 29.9 Å². The fourth-order valence-corrected chi connectivity index (χ4v) is 8.36. The number of carbonyl (C=O) groups is 4. The highest BCUT2D eigenvalue weighted by Gasteiger charge is 2.66. The lowest BCUT2D eigenvalue weighted by molar-refractivity contribution is -0.154. The molecule has 21 heteroatoms. The van der Waals surface area contributed by atoms with E-state index < -0.39 is 62.9 Å². The van der Waals surface area contributed by atoms with Crippen LogP contribution in [0.3, 0.4) is 0 Å². The molecule has 16 nitrogen and oxygen atoms in total. The van der Waals surface area contributed by atoms with E-state index in [0.717, 1.165) is 31.2 Å². The number of ether oxygens (including phenoxy) is 1. The molecule has 4 saturated carbocycles. The number of rotatable bonds is 20. The summed E-state index contributed by atoms with van der Waals surface area (Å²) >= 11 is 6.03. The van der Waals surface area contributed by atoms with Crippen LogP contribution in [-0.4, -0.2) is 83.7 Å². The van der Waals surface area contributed by atoms with Gasteiger partial charge in [0.2, 0.25) is 33.7 Å². The zero-order valence-electron chi connectivity index (χ0n) is 31.7. The van der Waals surface area contributed by atoms with E-state index in [0.29, 0.717) is 42.0 Å². The molecule has 6 N–H and O–H groups in total. The molecule has 4 amide bonds. The molecule has 0 saturated heterocycles. The van der Waals surface area contributed by atoms with Crippen molar-refractivity contribution in [1.29, 1.82) is 0 Å². The lowest BCUT2D eigenvalue weighted by Crippen LogP contribution is -2.53. The summed E-state index contributed by atoms with van der Waals surface area (Å²) in [6, 6.07) is 12.8. The molecule has 0 bridgehead atoms. The monoisotopic (exact) mass is 861 g/mol. The summed E-state index contributed by atoms with van der Waals surface area (Å²) in [5.41, 5.74) is -0.148. The van der Waals surface area contributed by atoms with Crippen LogP contribution in [0.4, 0.5) is 30.8 Å². The van der Waals surface area contributed by atoms with Gasteiger partial charge in [-0.2, -0.15) is 28.1 Å². The minimum atomic E-state index is -4.62. The summed E-state index contributed by atoms with van der Waals surface area (Å²) in [5.74, 6) is -1.83. The summed E-state index contributed by atoms with van der Waals surface area (Å²) in [6.45, 7) is -1.42. The molecule has 4 aliphatic rings. The second kappa shape index (κ2) is 16.8. The maximum absolute atomic E-state index is 13.0. The first-order valence-electron chi connectivity index (χ1n) is 19.3. The molecule has 2 atom stereocenters. The predicted octanol–water partition coefficient (Wildman–Crippen LogP) is 4.22. The number of benzene rings is 2. The van der Waals surface area contributed by atoms with Crippen LogP contribution in [0.1, 0.15) is 80.1 Å². The molecule has 59 heavy (non-hydrogen) atoms. The zero-order chi connectivity index (χ0) is 42.0. The van der Waals surface area contributed by atoms with E-state index in [1.54, 1.807) is 24.3 Å². The van der Waals surface area contributed by atoms with Gasteiger partial charge in [0.25, 0.3) is 11.8 Å². The number of aromatic nitrogens is 3. The van der Waals surface area contributed by atoms with Crippen LogP contribution < -0.4 is 36.0 Å². The fraction of sp³-hybridized carbons (Fsp3) is 0.500. The van der Waals surface area contributed by atoms with Crippen molar-refractivity contribution in [1.82, 2.24) is 35.6 Å². The molecular weight excluding hydrogens is 819 g/mol. The topological polar surface area (TPSA) is 222 Å². The number of sulfonamides is 1. The van der Waals surface area contributed by atoms with Gasteiger partial charge in [0, 0.05) is 42.2 Å². The van der Waals surface area contributed by atoms with Crippen LogP contribution >= 0.6 is 11.6 Å². The number of carbonyl (C=O) groups excluding carboxylic acids is 4. The van der Waals surface area contributed by atoms with Crippen molar-refractivity contribution in [2.24, 2.45) is 11.8 Å². The highest BCUT2D eigenvalue weighted by Crippen LogP contribution is 2.57. The number of anilines is 3. The molecule has 4 fully saturated rings. The highest BCUT2D eigenvalue weighted by atomic mass is 35.5. The third-order valence-electron chi connectivity index (χ3n) is 10.6. The van der Waals surface area contributed by atoms with Crippen molar-refractivity contribution in [2.45, 2.75) is 86.7 Å². The van der Waals surface area contributed by atoms with Crippen molar-refractivity contribution in [3.05, 3.63) is 64.7 Å². The van der Waals surface area contributed by atoms with E-state index in [2.05, 4.69) is 46.3 Å². The van der Waals surface area contributed by atoms with Crippen molar-refractivity contribution >= 4 is 62.8 Å². The fourth-order valence-electron chi connectivity index (χ4n) is 6.87. The Morgan fingerprint density at radius 3 is 2.19 bits per heavy atom. The van der Waals surface area contributed by atoms with Gasteiger partial charge in [-0.3, -0.25) is 23.9 Å². The Hall–Kier alpha value is -5.24. The molecule has 1 heterocycles. The number of nitrogens with one attached hydrogen (secondary N) is 6. The van der Waals surface area contributed by atoms with Gasteiger partial charge in [0.1, 0.15) is 5.54 Å². The molecule has 2 aromatic carbocycles. The summed E-state index contributed by atoms with van der Waals surface area (Å²) in [5, 5.41) is 14.2. The van der Waals surface area contributed by atoms with Crippen LogP contribution in [0.2, 0.25) is 5.02 Å². The maximum atomic E-state index is 13.0. The Morgan fingerprint density at radius 2 is 1.54 bits per heavy atom. The smallest absolute Gasteiger partial charge is 0.422 e. The van der Waals surface area contributed by atoms with Gasteiger partial charge in [-0.1, -0.05) is 23.7 Å². The van der Waals surface area contributed by atoms with Gasteiger partial charge < -0.3 is 31.3 Å². The number of hydrogen-bond donors (Lipinski definition) is 6. The summed E-state index contributed by atoms with van der Waals surface area (Å²) in [6.07, 6.45) is 0.362. The molecular formula is C38H43ClF3N9O7S. The summed E-state index contributed by atoms with van der Waals surface area (Å²) in [4.78, 5) is 63.3. The first-order chi connectivity index (χ1) is 28.0. The summed E-state index contributed by atoms with van der Waals surface area (Å²) < 4.78 is 70.6. The number of halogens is 4. The second-order valence-electron chi connectivity index (χ2n) is 15.4. The molecule has 3 aromatic rings. The van der Waals surface area contributed by atoms with E-state index >= 15 is 0 Å². The van der Waals surface area contributed by atoms with E-state index in [9.17, 15) is 40.8 Å². The number of nitrogens with zero attached hydrogens (tertiary/aromatic N) is 3. The van der Waals surface area contributed by atoms with Gasteiger partial charge >= 0.3 is 12.2 Å². The van der Waals surface area contributed by atoms with Crippen LogP contribution in [0.25, 0.3) is 0 Å². The first-order valence-corrected chi connectivity index (χ1v) is 21.2. The lowest BCUT2D eigenvalue weighted by Gasteiger charge is -2.19. The zero-order valence-corrected chi connectivity index (χ0v) is 33.2. The van der Waals surface area contributed by atoms with Gasteiger partial charge in [0.05, 0.1) is 10.8 Å². The van der Waals surface area contributed by atoms with Crippen LogP contribution in [0.5, 0.6) is 6.01 Å². The first kappa shape index (κ1) is 41.9. The van der Waals surface area contributed by atoms with Crippen molar-refractivity contribution < 1.29 is 45.5 Å². The molecule has 7 rings (SSSR count). The van der Waals surface area contributed by atoms with Gasteiger partial charge in [0.15, 0.2) is 6.61 Å². The molecule has 0 radical (unpaired) electrons. The quantitative estimate of drug-likeness (QED) is 0.0880. The Morgan fingerprint density at radius 1 is 0.847 bits per heavy atom. The average Bonchev–Trinajstić information content (AvgIpc) is 3.96. The largest absolute Gasteiger partial charge is 0.454 e. The van der Waals surface area contributed by atoms with E-state index in [1.165, 1.54) is 12.1 Å². The molecule has 1 aromatic heterocycles. The van der Waals surface area contributed by atoms with E-state index in [4.69, 9.17) is 16.3 Å². The van der Waals surface area contributed by atoms with Gasteiger partial charge in [-0.25, -0.2) is 8.42 Å². The SMILES string of the molecule is O=C(CCCNC(=O)c1ccc(Nc2nc(NC3(c4ccc(Cl)cc4)CC3)nc(OCC(F)(F)F)n2)cc1)NCCC(=O)N[C@]1(C(=O)NS(=O)(=O)C2CC2)C[C@H]1C1CC1. The average molecular weight is 862 g/mol. The van der Waals surface area contributed by atoms with Crippen molar-refractivity contribution in [2.75, 3.05) is 30.3 Å². The van der Waals surface area contributed by atoms with E-state index in [-0.39, 0.29) is 55.6 Å². The van der Waals surface area contributed by atoms with Gasteiger partial charge in [-0.15, -0.1) is 0 Å². The van der Waals surface area contributed by atoms with Crippen molar-refractivity contribution in [3.63, 3.8) is 0 Å². The van der Waals surface area contributed by atoms with Gasteiger partial charge in [-0.05, 0) is 105 Å². The minimum Gasteiger partial charge on any atom is -0.454 e. The predicted molar refractivity (Wildman–Crippen MR) is 208 cm³/mol. The minimum absolute atomic E-state index is 0.00286. The molecule has 0 unspecified atom stereocenters. The Labute approximate surface area is 342 Å². The maximum Gasteiger partial charge on any atom is 0.422 e. The molecule has 316 valence electrons. The normalized spacial score (nSPS) is 20.4.